The van der Waals surface area contributed by atoms with Crippen molar-refractivity contribution in [1.29, 1.82) is 0 Å². The number of hydrogen-bond donors (Lipinski definition) is 1. The van der Waals surface area contributed by atoms with Crippen molar-refractivity contribution in [3.63, 3.8) is 0 Å². The zero-order valence-corrected chi connectivity index (χ0v) is 6.11. The summed E-state index contributed by atoms with van der Waals surface area (Å²) in [6.45, 7) is 0. The molecule has 1 aromatic heterocycles. The van der Waals surface area contributed by atoms with E-state index in [0.717, 1.165) is 10.9 Å². The minimum absolute atomic E-state index is 0.459. The van der Waals surface area contributed by atoms with Crippen molar-refractivity contribution in [1.82, 2.24) is 10.2 Å². The molecule has 1 N–H and O–H groups in total. The Kier molecular flexibility index (Phi) is 1.47. The molecule has 1 aromatic carbocycles. The Morgan fingerprint density at radius 1 is 1.42 bits per heavy atom. The largest absolute Gasteiger partial charge is 0.259 e. The minimum Gasteiger partial charge on any atom is -0.259 e. The first-order valence-corrected chi connectivity index (χ1v) is 3.43. The van der Waals surface area contributed by atoms with E-state index in [9.17, 15) is 4.79 Å². The van der Waals surface area contributed by atoms with Crippen molar-refractivity contribution in [2.45, 2.75) is 0 Å². The van der Waals surface area contributed by atoms with E-state index in [1.54, 1.807) is 0 Å². The first-order valence-electron chi connectivity index (χ1n) is 3.43. The number of para-hydroxylation sites is 1. The number of rotatable bonds is 1. The number of carbonyl (C=O) groups excluding carboxylic acids is 1. The summed E-state index contributed by atoms with van der Waals surface area (Å²) in [5.41, 5.74) is 0.798. The monoisotopic (exact) mass is 159 g/mol. The Morgan fingerprint density at radius 2 is 2.25 bits per heavy atom. The topological polar surface area (TPSA) is 58.1 Å². The Hall–Kier alpha value is -1.93. The molecule has 0 fully saturated rings. The molecule has 0 aliphatic carbocycles. The highest BCUT2D eigenvalue weighted by molar-refractivity contribution is 5.88. The third-order valence-corrected chi connectivity index (χ3v) is 1.60. The van der Waals surface area contributed by atoms with Crippen LogP contribution >= 0.6 is 0 Å². The Bertz CT molecular complexity index is 454. The summed E-state index contributed by atoms with van der Waals surface area (Å²) in [5.74, 6) is 0.459. The number of fused-ring (bicyclic) bond motifs is 1. The lowest BCUT2D eigenvalue weighted by Crippen LogP contribution is -1.63. The number of isocyanates is 1. The van der Waals surface area contributed by atoms with Crippen LogP contribution < -0.4 is 0 Å². The lowest BCUT2D eigenvalue weighted by molar-refractivity contribution is 0.565. The summed E-state index contributed by atoms with van der Waals surface area (Å²) in [4.78, 5) is 13.4. The maximum Gasteiger partial charge on any atom is 0.242 e. The second-order valence-electron chi connectivity index (χ2n) is 2.29. The van der Waals surface area contributed by atoms with Gasteiger partial charge in [0.05, 0.1) is 5.52 Å². The average molecular weight is 159 g/mol. The van der Waals surface area contributed by atoms with E-state index in [2.05, 4.69) is 15.2 Å². The molecule has 0 saturated heterocycles. The number of aliphatic imine (C=N–C) groups is 1. The van der Waals surface area contributed by atoms with E-state index in [0.29, 0.717) is 5.82 Å². The molecule has 0 bridgehead atoms. The van der Waals surface area contributed by atoms with Crippen LogP contribution in [0.4, 0.5) is 5.82 Å². The molecule has 58 valence electrons. The number of H-pyrrole nitrogens is 1. The van der Waals surface area contributed by atoms with Gasteiger partial charge in [0, 0.05) is 5.39 Å². The normalized spacial score (nSPS) is 9.67. The molecule has 0 aliphatic rings. The first kappa shape index (κ1) is 6.76. The van der Waals surface area contributed by atoms with Crippen LogP contribution in [0, 0.1) is 0 Å². The fourth-order valence-corrected chi connectivity index (χ4v) is 1.08. The standard InChI is InChI=1S/C8H5N3O/c12-5-9-8-6-3-1-2-4-7(6)10-11-8/h1-4H,(H,10,11). The number of nitrogens with one attached hydrogen (secondary N) is 1. The van der Waals surface area contributed by atoms with Gasteiger partial charge in [0.2, 0.25) is 6.08 Å². The predicted molar refractivity (Wildman–Crippen MR) is 43.9 cm³/mol. The van der Waals surface area contributed by atoms with Crippen molar-refractivity contribution < 1.29 is 4.79 Å². The summed E-state index contributed by atoms with van der Waals surface area (Å²) >= 11 is 0. The summed E-state index contributed by atoms with van der Waals surface area (Å²) in [7, 11) is 0. The summed E-state index contributed by atoms with van der Waals surface area (Å²) in [6.07, 6.45) is 1.47. The molecule has 2 aromatic rings. The van der Waals surface area contributed by atoms with Crippen molar-refractivity contribution in [2.75, 3.05) is 0 Å². The average Bonchev–Trinajstić information content (AvgIpc) is 2.50. The van der Waals surface area contributed by atoms with Gasteiger partial charge in [-0.15, -0.1) is 4.99 Å². The molecular formula is C8H5N3O. The molecule has 4 heteroatoms. The van der Waals surface area contributed by atoms with Gasteiger partial charge in [-0.1, -0.05) is 12.1 Å². The van der Waals surface area contributed by atoms with Crippen LogP contribution in [-0.2, 0) is 4.79 Å². The lowest BCUT2D eigenvalue weighted by Gasteiger charge is -1.84. The molecule has 2 rings (SSSR count). The molecule has 0 unspecified atom stereocenters. The second kappa shape index (κ2) is 2.60. The van der Waals surface area contributed by atoms with Crippen molar-refractivity contribution in [3.8, 4) is 0 Å². The molecule has 1 heterocycles. The van der Waals surface area contributed by atoms with Crippen molar-refractivity contribution >= 4 is 22.8 Å². The maximum atomic E-state index is 9.98. The van der Waals surface area contributed by atoms with Gasteiger partial charge in [0.25, 0.3) is 0 Å². The maximum absolute atomic E-state index is 9.98. The summed E-state index contributed by atoms with van der Waals surface area (Å²) in [6, 6.07) is 7.42. The van der Waals surface area contributed by atoms with Gasteiger partial charge in [0.15, 0.2) is 5.82 Å². The fraction of sp³-hybridized carbons (Fsp3) is 0. The van der Waals surface area contributed by atoms with Gasteiger partial charge in [-0.2, -0.15) is 5.10 Å². The SMILES string of the molecule is O=C=Nc1[nH]nc2ccccc12. The van der Waals surface area contributed by atoms with Crippen LogP contribution in [0.5, 0.6) is 0 Å². The minimum atomic E-state index is 0.459. The molecule has 0 radical (unpaired) electrons. The van der Waals surface area contributed by atoms with E-state index in [1.165, 1.54) is 6.08 Å². The zero-order chi connectivity index (χ0) is 8.39. The molecule has 12 heavy (non-hydrogen) atoms. The Labute approximate surface area is 67.9 Å². The third-order valence-electron chi connectivity index (χ3n) is 1.60. The van der Waals surface area contributed by atoms with E-state index in [4.69, 9.17) is 0 Å². The molecule has 4 nitrogen and oxygen atoms in total. The van der Waals surface area contributed by atoms with Crippen LogP contribution in [-0.4, -0.2) is 16.3 Å². The van der Waals surface area contributed by atoms with E-state index >= 15 is 0 Å². The smallest absolute Gasteiger partial charge is 0.242 e. The molecule has 0 spiro atoms. The highest BCUT2D eigenvalue weighted by atomic mass is 16.1. The first-order chi connectivity index (χ1) is 5.92. The highest BCUT2D eigenvalue weighted by Gasteiger charge is 2.00. The summed E-state index contributed by atoms with van der Waals surface area (Å²) < 4.78 is 0. The lowest BCUT2D eigenvalue weighted by atomic mass is 10.2. The Morgan fingerprint density at radius 3 is 3.08 bits per heavy atom. The van der Waals surface area contributed by atoms with E-state index in [-0.39, 0.29) is 0 Å². The van der Waals surface area contributed by atoms with Crippen LogP contribution in [0.3, 0.4) is 0 Å². The van der Waals surface area contributed by atoms with E-state index < -0.39 is 0 Å². The third kappa shape index (κ3) is 0.909. The van der Waals surface area contributed by atoms with Gasteiger partial charge < -0.3 is 0 Å². The van der Waals surface area contributed by atoms with Crippen LogP contribution in [0.2, 0.25) is 0 Å². The van der Waals surface area contributed by atoms with Crippen molar-refractivity contribution in [2.24, 2.45) is 4.99 Å². The van der Waals surface area contributed by atoms with Gasteiger partial charge in [-0.3, -0.25) is 5.10 Å². The number of benzene rings is 1. The van der Waals surface area contributed by atoms with Crippen molar-refractivity contribution in [3.05, 3.63) is 24.3 Å². The zero-order valence-electron chi connectivity index (χ0n) is 6.11. The molecule has 0 atom stereocenters. The van der Waals surface area contributed by atoms with Crippen LogP contribution in [0.1, 0.15) is 0 Å². The number of aromatic nitrogens is 2. The molecule has 0 saturated carbocycles. The molecule has 0 aliphatic heterocycles. The number of hydrogen-bond acceptors (Lipinski definition) is 3. The predicted octanol–water partition coefficient (Wildman–Crippen LogP) is 1.53. The number of aromatic amines is 1. The van der Waals surface area contributed by atoms with Crippen LogP contribution in [0.25, 0.3) is 10.9 Å². The molecule has 0 amide bonds. The molecular weight excluding hydrogens is 154 g/mol. The van der Waals surface area contributed by atoms with Gasteiger partial charge in [-0.25, -0.2) is 4.79 Å². The number of nitrogens with zero attached hydrogens (tertiary/aromatic N) is 2. The second-order valence-corrected chi connectivity index (χ2v) is 2.29. The van der Waals surface area contributed by atoms with Gasteiger partial charge >= 0.3 is 0 Å². The highest BCUT2D eigenvalue weighted by Crippen LogP contribution is 2.21. The Balaban J connectivity index is 2.78. The van der Waals surface area contributed by atoms with Gasteiger partial charge in [0.1, 0.15) is 0 Å². The van der Waals surface area contributed by atoms with Crippen LogP contribution in [0.15, 0.2) is 29.3 Å². The summed E-state index contributed by atoms with van der Waals surface area (Å²) in [5, 5.41) is 7.41. The quantitative estimate of drug-likeness (QED) is 0.506. The fourth-order valence-electron chi connectivity index (χ4n) is 1.08. The van der Waals surface area contributed by atoms with E-state index in [1.807, 2.05) is 24.3 Å². The van der Waals surface area contributed by atoms with Gasteiger partial charge in [-0.05, 0) is 12.1 Å².